The van der Waals surface area contributed by atoms with E-state index < -0.39 is 0 Å². The minimum atomic E-state index is -0.181. The number of nitrogens with one attached hydrogen (secondary N) is 1. The second kappa shape index (κ2) is 7.17. The first-order valence-corrected chi connectivity index (χ1v) is 8.07. The van der Waals surface area contributed by atoms with E-state index in [4.69, 9.17) is 4.74 Å². The van der Waals surface area contributed by atoms with Crippen molar-refractivity contribution in [2.24, 2.45) is 0 Å². The molecule has 24 heavy (non-hydrogen) atoms. The zero-order valence-electron chi connectivity index (χ0n) is 13.6. The molecule has 1 aliphatic rings. The topological polar surface area (TPSA) is 58.6 Å². The molecule has 0 saturated carbocycles. The maximum Gasteiger partial charge on any atom is 0.262 e. The quantitative estimate of drug-likeness (QED) is 0.920. The molecule has 0 radical (unpaired) electrons. The van der Waals surface area contributed by atoms with Gasteiger partial charge in [-0.3, -0.25) is 9.59 Å². The zero-order chi connectivity index (χ0) is 16.9. The molecule has 124 valence electrons. The highest BCUT2D eigenvalue weighted by atomic mass is 16.5. The molecule has 0 saturated heterocycles. The number of rotatable bonds is 5. The molecule has 5 heteroatoms. The van der Waals surface area contributed by atoms with Crippen molar-refractivity contribution in [3.63, 3.8) is 0 Å². The third kappa shape index (κ3) is 3.56. The normalized spacial score (nSPS) is 12.8. The van der Waals surface area contributed by atoms with Crippen molar-refractivity contribution in [2.45, 2.75) is 13.3 Å². The van der Waals surface area contributed by atoms with Gasteiger partial charge < -0.3 is 15.0 Å². The van der Waals surface area contributed by atoms with Crippen LogP contribution in [0.2, 0.25) is 0 Å². The fraction of sp³-hybridized carbons (Fsp3) is 0.263. The Morgan fingerprint density at radius 1 is 1.21 bits per heavy atom. The van der Waals surface area contributed by atoms with Crippen molar-refractivity contribution in [1.29, 1.82) is 0 Å². The number of hydrogen-bond acceptors (Lipinski definition) is 3. The second-order valence-corrected chi connectivity index (χ2v) is 5.67. The largest absolute Gasteiger partial charge is 0.482 e. The van der Waals surface area contributed by atoms with E-state index in [9.17, 15) is 9.59 Å². The summed E-state index contributed by atoms with van der Waals surface area (Å²) in [5.74, 6) is 0.330. The van der Waals surface area contributed by atoms with Crippen LogP contribution in [0.25, 0.3) is 0 Å². The molecule has 0 atom stereocenters. The van der Waals surface area contributed by atoms with Crippen LogP contribution in [-0.2, 0) is 11.2 Å². The van der Waals surface area contributed by atoms with Crippen molar-refractivity contribution in [2.75, 3.05) is 25.0 Å². The van der Waals surface area contributed by atoms with Gasteiger partial charge in [-0.2, -0.15) is 0 Å². The summed E-state index contributed by atoms with van der Waals surface area (Å²) in [6.45, 7) is 3.25. The van der Waals surface area contributed by atoms with Crippen LogP contribution in [0.4, 0.5) is 5.69 Å². The van der Waals surface area contributed by atoms with E-state index in [-0.39, 0.29) is 18.4 Å². The van der Waals surface area contributed by atoms with Gasteiger partial charge in [0.2, 0.25) is 0 Å². The Hall–Kier alpha value is -2.82. The maximum absolute atomic E-state index is 12.7. The molecule has 0 bridgehead atoms. The SMILES string of the molecule is CCN(CCc1ccccc1)C(=O)c1ccc2c(c1)OCC(=O)N2. The number of hydrogen-bond donors (Lipinski definition) is 1. The van der Waals surface area contributed by atoms with Crippen molar-refractivity contribution >= 4 is 17.5 Å². The van der Waals surface area contributed by atoms with Gasteiger partial charge in [0.25, 0.3) is 11.8 Å². The predicted molar refractivity (Wildman–Crippen MR) is 92.3 cm³/mol. The molecular formula is C19H20N2O3. The third-order valence-electron chi connectivity index (χ3n) is 4.04. The Morgan fingerprint density at radius 2 is 2.00 bits per heavy atom. The van der Waals surface area contributed by atoms with Crippen LogP contribution in [0.1, 0.15) is 22.8 Å². The van der Waals surface area contributed by atoms with E-state index in [0.717, 1.165) is 6.42 Å². The smallest absolute Gasteiger partial charge is 0.262 e. The highest BCUT2D eigenvalue weighted by molar-refractivity contribution is 5.99. The Labute approximate surface area is 141 Å². The fourth-order valence-corrected chi connectivity index (χ4v) is 2.70. The van der Waals surface area contributed by atoms with Gasteiger partial charge >= 0.3 is 0 Å². The second-order valence-electron chi connectivity index (χ2n) is 5.67. The van der Waals surface area contributed by atoms with Crippen LogP contribution in [0.3, 0.4) is 0 Å². The summed E-state index contributed by atoms with van der Waals surface area (Å²) in [5.41, 5.74) is 2.38. The molecule has 1 heterocycles. The number of amides is 2. The van der Waals surface area contributed by atoms with Gasteiger partial charge in [0, 0.05) is 18.7 Å². The minimum absolute atomic E-state index is 0.0177. The molecule has 0 spiro atoms. The molecule has 3 rings (SSSR count). The van der Waals surface area contributed by atoms with Crippen molar-refractivity contribution in [1.82, 2.24) is 4.90 Å². The van der Waals surface area contributed by atoms with Gasteiger partial charge in [-0.15, -0.1) is 0 Å². The van der Waals surface area contributed by atoms with E-state index in [2.05, 4.69) is 17.4 Å². The first-order chi connectivity index (χ1) is 11.7. The average molecular weight is 324 g/mol. The summed E-state index contributed by atoms with van der Waals surface area (Å²) in [7, 11) is 0. The van der Waals surface area contributed by atoms with Crippen molar-refractivity contribution < 1.29 is 14.3 Å². The molecule has 0 aliphatic carbocycles. The Bertz CT molecular complexity index is 744. The van der Waals surface area contributed by atoms with Gasteiger partial charge in [0.15, 0.2) is 6.61 Å². The van der Waals surface area contributed by atoms with Gasteiger partial charge in [-0.25, -0.2) is 0 Å². The van der Waals surface area contributed by atoms with Crippen molar-refractivity contribution in [3.05, 3.63) is 59.7 Å². The average Bonchev–Trinajstić information content (AvgIpc) is 2.62. The summed E-state index contributed by atoms with van der Waals surface area (Å²) in [6, 6.07) is 15.2. The molecule has 2 amide bonds. The van der Waals surface area contributed by atoms with Crippen LogP contribution in [0.5, 0.6) is 5.75 Å². The highest BCUT2D eigenvalue weighted by Gasteiger charge is 2.20. The van der Waals surface area contributed by atoms with E-state index >= 15 is 0 Å². The predicted octanol–water partition coefficient (Wildman–Crippen LogP) is 2.72. The number of carbonyl (C=O) groups is 2. The zero-order valence-corrected chi connectivity index (χ0v) is 13.6. The third-order valence-corrected chi connectivity index (χ3v) is 4.04. The van der Waals surface area contributed by atoms with E-state index in [1.54, 1.807) is 18.2 Å². The molecular weight excluding hydrogens is 304 g/mol. The summed E-state index contributed by atoms with van der Waals surface area (Å²) in [4.78, 5) is 25.9. The summed E-state index contributed by atoms with van der Waals surface area (Å²) >= 11 is 0. The molecule has 5 nitrogen and oxygen atoms in total. The fourth-order valence-electron chi connectivity index (χ4n) is 2.70. The molecule has 0 fully saturated rings. The van der Waals surface area contributed by atoms with Crippen molar-refractivity contribution in [3.8, 4) is 5.75 Å². The molecule has 1 N–H and O–H groups in total. The first-order valence-electron chi connectivity index (χ1n) is 8.07. The van der Waals surface area contributed by atoms with Crippen LogP contribution in [0, 0.1) is 0 Å². The van der Waals surface area contributed by atoms with Gasteiger partial charge in [-0.05, 0) is 37.1 Å². The Morgan fingerprint density at radius 3 is 2.75 bits per heavy atom. The Kier molecular flexibility index (Phi) is 4.79. The Balaban J connectivity index is 1.70. The maximum atomic E-state index is 12.7. The number of carbonyl (C=O) groups excluding carboxylic acids is 2. The van der Waals surface area contributed by atoms with E-state index in [1.165, 1.54) is 5.56 Å². The van der Waals surface area contributed by atoms with E-state index in [1.807, 2.05) is 30.0 Å². The number of likely N-dealkylation sites (N-methyl/N-ethyl adjacent to an activating group) is 1. The molecule has 1 aliphatic heterocycles. The summed E-state index contributed by atoms with van der Waals surface area (Å²) < 4.78 is 5.39. The molecule has 2 aromatic carbocycles. The lowest BCUT2D eigenvalue weighted by Gasteiger charge is -2.23. The number of anilines is 1. The van der Waals surface area contributed by atoms with Crippen LogP contribution in [-0.4, -0.2) is 36.4 Å². The standard InChI is InChI=1S/C19H20N2O3/c1-2-21(11-10-14-6-4-3-5-7-14)19(23)15-8-9-16-17(12-15)24-13-18(22)20-16/h3-9,12H,2,10-11,13H2,1H3,(H,20,22). The highest BCUT2D eigenvalue weighted by Crippen LogP contribution is 2.29. The lowest BCUT2D eigenvalue weighted by molar-refractivity contribution is -0.118. The summed E-state index contributed by atoms with van der Waals surface area (Å²) in [6.07, 6.45) is 0.817. The number of fused-ring (bicyclic) bond motifs is 1. The van der Waals surface area contributed by atoms with Gasteiger partial charge in [-0.1, -0.05) is 30.3 Å². The van der Waals surface area contributed by atoms with Crippen LogP contribution >= 0.6 is 0 Å². The molecule has 2 aromatic rings. The minimum Gasteiger partial charge on any atom is -0.482 e. The first kappa shape index (κ1) is 16.1. The lowest BCUT2D eigenvalue weighted by atomic mass is 10.1. The van der Waals surface area contributed by atoms with Gasteiger partial charge in [0.1, 0.15) is 5.75 Å². The number of ether oxygens (including phenoxy) is 1. The number of benzene rings is 2. The monoisotopic (exact) mass is 324 g/mol. The van der Waals surface area contributed by atoms with Crippen LogP contribution in [0.15, 0.2) is 48.5 Å². The number of nitrogens with zero attached hydrogens (tertiary/aromatic N) is 1. The van der Waals surface area contributed by atoms with Crippen LogP contribution < -0.4 is 10.1 Å². The summed E-state index contributed by atoms with van der Waals surface area (Å²) in [5, 5.41) is 2.73. The lowest BCUT2D eigenvalue weighted by Crippen LogP contribution is -2.33. The van der Waals surface area contributed by atoms with Gasteiger partial charge in [0.05, 0.1) is 5.69 Å². The molecule has 0 aromatic heterocycles. The molecule has 0 unspecified atom stereocenters. The van der Waals surface area contributed by atoms with E-state index in [0.29, 0.717) is 30.1 Å².